The molecule has 0 atom stereocenters. The van der Waals surface area contributed by atoms with Crippen LogP contribution < -0.4 is 0 Å². The van der Waals surface area contributed by atoms with E-state index in [1.165, 1.54) is 16.3 Å². The predicted molar refractivity (Wildman–Crippen MR) is 76.9 cm³/mol. The van der Waals surface area contributed by atoms with Crippen molar-refractivity contribution >= 4 is 21.9 Å². The van der Waals surface area contributed by atoms with Crippen LogP contribution in [0.5, 0.6) is 0 Å². The largest absolute Gasteiger partial charge is 0.456 e. The van der Waals surface area contributed by atoms with Gasteiger partial charge in [-0.1, -0.05) is 57.2 Å². The summed E-state index contributed by atoms with van der Waals surface area (Å²) in [5.74, 6) is 0. The zero-order valence-corrected chi connectivity index (χ0v) is 11.2. The predicted octanol–water partition coefficient (Wildman–Crippen LogP) is 5.17. The summed E-state index contributed by atoms with van der Waals surface area (Å²) in [6, 6.07) is 14.7. The normalized spacial score (nSPS) is 12.4. The lowest BCUT2D eigenvalue weighted by Crippen LogP contribution is -2.09. The molecule has 1 nitrogen and oxygen atoms in total. The number of benzene rings is 2. The van der Waals surface area contributed by atoms with E-state index >= 15 is 0 Å². The van der Waals surface area contributed by atoms with Gasteiger partial charge in [0.2, 0.25) is 0 Å². The number of fused-ring (bicyclic) bond motifs is 3. The molecule has 0 saturated carbocycles. The molecule has 2 aromatic carbocycles. The Labute approximate surface area is 107 Å². The molecule has 0 bridgehead atoms. The van der Waals surface area contributed by atoms with E-state index in [1.807, 2.05) is 12.1 Å². The molecule has 1 heterocycles. The Hall–Kier alpha value is -1.76. The lowest BCUT2D eigenvalue weighted by atomic mass is 9.87. The molecule has 0 N–H and O–H groups in total. The smallest absolute Gasteiger partial charge is 0.138 e. The van der Waals surface area contributed by atoms with Crippen LogP contribution in [-0.4, -0.2) is 0 Å². The highest BCUT2D eigenvalue weighted by Gasteiger charge is 2.16. The highest BCUT2D eigenvalue weighted by Crippen LogP contribution is 2.33. The van der Waals surface area contributed by atoms with E-state index in [9.17, 15) is 0 Å². The quantitative estimate of drug-likeness (QED) is 0.569. The van der Waals surface area contributed by atoms with Crippen LogP contribution in [0.4, 0.5) is 0 Å². The van der Waals surface area contributed by atoms with Crippen molar-refractivity contribution in [2.75, 3.05) is 0 Å². The fraction of sp³-hybridized carbons (Fsp3) is 0.294. The van der Waals surface area contributed by atoms with Crippen LogP contribution >= 0.6 is 0 Å². The Morgan fingerprint density at radius 3 is 2.39 bits per heavy atom. The molecule has 1 aromatic heterocycles. The van der Waals surface area contributed by atoms with Crippen molar-refractivity contribution in [2.45, 2.75) is 27.2 Å². The average molecular weight is 238 g/mol. The second-order valence-electron chi connectivity index (χ2n) is 6.13. The molecule has 3 rings (SSSR count). The average Bonchev–Trinajstić information content (AvgIpc) is 2.67. The maximum absolute atomic E-state index is 6.03. The molecular formula is C17H18O. The van der Waals surface area contributed by atoms with Gasteiger partial charge in [0.05, 0.1) is 0 Å². The van der Waals surface area contributed by atoms with Crippen molar-refractivity contribution < 1.29 is 4.42 Å². The van der Waals surface area contributed by atoms with Gasteiger partial charge >= 0.3 is 0 Å². The van der Waals surface area contributed by atoms with Crippen LogP contribution in [0.2, 0.25) is 0 Å². The first-order valence-corrected chi connectivity index (χ1v) is 6.44. The Bertz CT molecular complexity index is 698. The molecule has 0 aliphatic carbocycles. The van der Waals surface area contributed by atoms with E-state index in [4.69, 9.17) is 4.42 Å². The SMILES string of the molecule is CC(C)(C)Cc1cccc2c1oc1ccccc12. The summed E-state index contributed by atoms with van der Waals surface area (Å²) in [5, 5.41) is 2.44. The topological polar surface area (TPSA) is 13.1 Å². The highest BCUT2D eigenvalue weighted by atomic mass is 16.3. The minimum Gasteiger partial charge on any atom is -0.456 e. The summed E-state index contributed by atoms with van der Waals surface area (Å²) in [7, 11) is 0. The molecule has 18 heavy (non-hydrogen) atoms. The Morgan fingerprint density at radius 1 is 0.889 bits per heavy atom. The summed E-state index contributed by atoms with van der Waals surface area (Å²) < 4.78 is 6.03. The zero-order chi connectivity index (χ0) is 12.8. The van der Waals surface area contributed by atoms with Crippen LogP contribution in [-0.2, 0) is 6.42 Å². The molecule has 0 aliphatic rings. The van der Waals surface area contributed by atoms with Gasteiger partial charge in [-0.2, -0.15) is 0 Å². The van der Waals surface area contributed by atoms with Gasteiger partial charge in [0, 0.05) is 10.8 Å². The maximum Gasteiger partial charge on any atom is 0.138 e. The molecule has 1 heteroatoms. The lowest BCUT2D eigenvalue weighted by Gasteiger charge is -2.17. The first kappa shape index (κ1) is 11.3. The maximum atomic E-state index is 6.03. The summed E-state index contributed by atoms with van der Waals surface area (Å²) in [6.45, 7) is 6.78. The van der Waals surface area contributed by atoms with Gasteiger partial charge in [-0.25, -0.2) is 0 Å². The van der Waals surface area contributed by atoms with Crippen LogP contribution in [0, 0.1) is 5.41 Å². The second kappa shape index (κ2) is 3.88. The van der Waals surface area contributed by atoms with E-state index < -0.39 is 0 Å². The molecule has 0 saturated heterocycles. The van der Waals surface area contributed by atoms with Crippen LogP contribution in [0.15, 0.2) is 46.9 Å². The third-order valence-corrected chi connectivity index (χ3v) is 3.21. The van der Waals surface area contributed by atoms with Gasteiger partial charge in [0.15, 0.2) is 0 Å². The summed E-state index contributed by atoms with van der Waals surface area (Å²) in [4.78, 5) is 0. The third-order valence-electron chi connectivity index (χ3n) is 3.21. The molecule has 0 aliphatic heterocycles. The van der Waals surface area contributed by atoms with E-state index in [0.29, 0.717) is 0 Å². The van der Waals surface area contributed by atoms with Crippen molar-refractivity contribution in [3.8, 4) is 0 Å². The number of rotatable bonds is 1. The Morgan fingerprint density at radius 2 is 1.61 bits per heavy atom. The molecule has 3 aromatic rings. The fourth-order valence-corrected chi connectivity index (χ4v) is 2.52. The van der Waals surface area contributed by atoms with Gasteiger partial charge in [-0.15, -0.1) is 0 Å². The van der Waals surface area contributed by atoms with Crippen molar-refractivity contribution in [3.05, 3.63) is 48.0 Å². The third kappa shape index (κ3) is 1.90. The minimum absolute atomic E-state index is 0.271. The second-order valence-corrected chi connectivity index (χ2v) is 6.13. The zero-order valence-electron chi connectivity index (χ0n) is 11.2. The van der Waals surface area contributed by atoms with E-state index in [1.54, 1.807) is 0 Å². The summed E-state index contributed by atoms with van der Waals surface area (Å²) in [6.07, 6.45) is 1.03. The van der Waals surface area contributed by atoms with Crippen molar-refractivity contribution in [1.29, 1.82) is 0 Å². The van der Waals surface area contributed by atoms with Gasteiger partial charge in [-0.05, 0) is 23.5 Å². The van der Waals surface area contributed by atoms with Crippen molar-refractivity contribution in [1.82, 2.24) is 0 Å². The Kier molecular flexibility index (Phi) is 2.44. The molecular weight excluding hydrogens is 220 g/mol. The highest BCUT2D eigenvalue weighted by molar-refractivity contribution is 6.05. The van der Waals surface area contributed by atoms with Crippen molar-refractivity contribution in [2.24, 2.45) is 5.41 Å². The minimum atomic E-state index is 0.271. The number of hydrogen-bond acceptors (Lipinski definition) is 1. The fourth-order valence-electron chi connectivity index (χ4n) is 2.52. The Balaban J connectivity index is 2.28. The van der Waals surface area contributed by atoms with E-state index in [0.717, 1.165) is 17.6 Å². The number of hydrogen-bond donors (Lipinski definition) is 0. The summed E-state index contributed by atoms with van der Waals surface area (Å²) in [5.41, 5.74) is 3.60. The molecule has 0 spiro atoms. The first-order chi connectivity index (χ1) is 8.54. The van der Waals surface area contributed by atoms with Crippen LogP contribution in [0.1, 0.15) is 26.3 Å². The molecule has 0 unspecified atom stereocenters. The van der Waals surface area contributed by atoms with E-state index in [-0.39, 0.29) is 5.41 Å². The number of furan rings is 1. The molecule has 0 fully saturated rings. The molecule has 0 amide bonds. The summed E-state index contributed by atoms with van der Waals surface area (Å²) >= 11 is 0. The van der Waals surface area contributed by atoms with Crippen LogP contribution in [0.25, 0.3) is 21.9 Å². The van der Waals surface area contributed by atoms with Gasteiger partial charge in [0.1, 0.15) is 11.2 Å². The van der Waals surface area contributed by atoms with Gasteiger partial charge in [0.25, 0.3) is 0 Å². The van der Waals surface area contributed by atoms with Gasteiger partial charge in [-0.3, -0.25) is 0 Å². The monoisotopic (exact) mass is 238 g/mol. The van der Waals surface area contributed by atoms with E-state index in [2.05, 4.69) is 51.1 Å². The lowest BCUT2D eigenvalue weighted by molar-refractivity contribution is 0.410. The molecule has 92 valence electrons. The molecule has 0 radical (unpaired) electrons. The number of para-hydroxylation sites is 2. The standard InChI is InChI=1S/C17H18O/c1-17(2,3)11-12-7-6-9-14-13-8-4-5-10-15(13)18-16(12)14/h4-10H,11H2,1-3H3. The van der Waals surface area contributed by atoms with Crippen molar-refractivity contribution in [3.63, 3.8) is 0 Å². The van der Waals surface area contributed by atoms with Gasteiger partial charge < -0.3 is 4.42 Å². The van der Waals surface area contributed by atoms with Crippen LogP contribution in [0.3, 0.4) is 0 Å². The first-order valence-electron chi connectivity index (χ1n) is 6.44.